The Kier molecular flexibility index (Phi) is 2.71. The summed E-state index contributed by atoms with van der Waals surface area (Å²) < 4.78 is 0. The Bertz CT molecular complexity index is 292. The fourth-order valence-corrected chi connectivity index (χ4v) is 1.33. The smallest absolute Gasteiger partial charge is 0.0712 e. The molecule has 0 aliphatic heterocycles. The molecule has 12 heavy (non-hydrogen) atoms. The van der Waals surface area contributed by atoms with E-state index in [1.807, 2.05) is 32.3 Å². The molecule has 0 heterocycles. The van der Waals surface area contributed by atoms with Crippen molar-refractivity contribution in [2.75, 3.05) is 19.0 Å². The summed E-state index contributed by atoms with van der Waals surface area (Å²) in [5.74, 6) is 0. The average Bonchev–Trinajstić information content (AvgIpc) is 2.04. The molecule has 0 saturated heterocycles. The van der Waals surface area contributed by atoms with Gasteiger partial charge in [0.1, 0.15) is 0 Å². The van der Waals surface area contributed by atoms with Crippen molar-refractivity contribution >= 4 is 21.1 Å². The first-order valence-corrected chi connectivity index (χ1v) is 4.30. The third-order valence-electron chi connectivity index (χ3n) is 1.71. The summed E-state index contributed by atoms with van der Waals surface area (Å²) in [5.41, 5.74) is 2.32. The van der Waals surface area contributed by atoms with Crippen LogP contribution >= 0.6 is 0 Å². The van der Waals surface area contributed by atoms with E-state index in [0.717, 1.165) is 10.8 Å². The third kappa shape index (κ3) is 1.77. The number of anilines is 1. The summed E-state index contributed by atoms with van der Waals surface area (Å²) in [7, 11) is 7.47. The van der Waals surface area contributed by atoms with Crippen LogP contribution in [0.25, 0.3) is 5.20 Å². The Labute approximate surface area is 77.1 Å². The Balaban J connectivity index is 3.17. The highest BCUT2D eigenvalue weighted by Crippen LogP contribution is 2.22. The maximum atomic E-state index is 3.86. The molecule has 0 aromatic heterocycles. The zero-order valence-electron chi connectivity index (χ0n) is 7.46. The highest BCUT2D eigenvalue weighted by Gasteiger charge is 2.02. The second-order valence-electron chi connectivity index (χ2n) is 2.89. The molecule has 3 radical (unpaired) electrons. The number of hydrogen-bond donors (Lipinski definition) is 0. The number of para-hydroxylation sites is 1. The molecule has 1 aromatic rings. The lowest BCUT2D eigenvalue weighted by molar-refractivity contribution is 1.13. The fraction of sp³-hybridized carbons (Fsp3) is 0.200. The predicted molar refractivity (Wildman–Crippen MR) is 55.6 cm³/mol. The second kappa shape index (κ2) is 3.58. The number of rotatable bonds is 2. The van der Waals surface area contributed by atoms with Gasteiger partial charge in [-0.25, -0.2) is 0 Å². The van der Waals surface area contributed by atoms with E-state index >= 15 is 0 Å². The van der Waals surface area contributed by atoms with Gasteiger partial charge in [0.25, 0.3) is 0 Å². The van der Waals surface area contributed by atoms with Crippen molar-refractivity contribution in [3.05, 3.63) is 36.4 Å². The topological polar surface area (TPSA) is 3.24 Å². The summed E-state index contributed by atoms with van der Waals surface area (Å²) in [5, 5.41) is 0.916. The van der Waals surface area contributed by atoms with Crippen LogP contribution in [0.1, 0.15) is 5.56 Å². The molecule has 1 rings (SSSR count). The van der Waals surface area contributed by atoms with E-state index in [2.05, 4.69) is 27.8 Å². The van der Waals surface area contributed by atoms with Crippen molar-refractivity contribution < 1.29 is 0 Å². The van der Waals surface area contributed by atoms with Crippen molar-refractivity contribution in [3.8, 4) is 0 Å². The zero-order valence-corrected chi connectivity index (χ0v) is 8.46. The van der Waals surface area contributed by atoms with Gasteiger partial charge in [-0.15, -0.1) is 0 Å². The summed E-state index contributed by atoms with van der Waals surface area (Å²) in [4.78, 5) is 2.07. The molecule has 61 valence electrons. The Hall–Kier alpha value is -1.02. The standard InChI is InChI=1S/C10H12NSi/c1-8(12)9-6-4-5-7-10(9)11(2)3/h4-7H,1H2,2-3H3. The lowest BCUT2D eigenvalue weighted by atomic mass is 10.1. The molecule has 1 aromatic carbocycles. The highest BCUT2D eigenvalue weighted by atomic mass is 28.1. The number of hydrogen-bond acceptors (Lipinski definition) is 1. The van der Waals surface area contributed by atoms with Crippen LogP contribution in [0, 0.1) is 0 Å². The third-order valence-corrected chi connectivity index (χ3v) is 1.98. The predicted octanol–water partition coefficient (Wildman–Crippen LogP) is 1.89. The monoisotopic (exact) mass is 174 g/mol. The van der Waals surface area contributed by atoms with Gasteiger partial charge >= 0.3 is 0 Å². The van der Waals surface area contributed by atoms with Crippen LogP contribution in [-0.2, 0) is 0 Å². The van der Waals surface area contributed by atoms with Gasteiger partial charge in [0, 0.05) is 19.8 Å². The van der Waals surface area contributed by atoms with E-state index in [0.29, 0.717) is 0 Å². The molecule has 0 unspecified atom stereocenters. The van der Waals surface area contributed by atoms with Crippen LogP contribution < -0.4 is 4.90 Å². The SMILES string of the molecule is C=C([Si])c1ccccc1N(C)C. The van der Waals surface area contributed by atoms with Crippen LogP contribution in [-0.4, -0.2) is 24.3 Å². The first-order chi connectivity index (χ1) is 5.63. The van der Waals surface area contributed by atoms with E-state index < -0.39 is 0 Å². The zero-order chi connectivity index (χ0) is 9.14. The summed E-state index contributed by atoms with van der Waals surface area (Å²) in [6, 6.07) is 8.15. The molecule has 2 heteroatoms. The number of nitrogens with zero attached hydrogens (tertiary/aromatic N) is 1. The van der Waals surface area contributed by atoms with Gasteiger partial charge in [0.2, 0.25) is 0 Å². The highest BCUT2D eigenvalue weighted by molar-refractivity contribution is 6.42. The molecule has 0 aliphatic rings. The molecule has 0 spiro atoms. The summed E-state index contributed by atoms with van der Waals surface area (Å²) in [6.45, 7) is 3.86. The lowest BCUT2D eigenvalue weighted by Crippen LogP contribution is -2.10. The van der Waals surface area contributed by atoms with Crippen LogP contribution in [0.2, 0.25) is 0 Å². The lowest BCUT2D eigenvalue weighted by Gasteiger charge is -2.16. The molecular formula is C10H12NSi. The maximum absolute atomic E-state index is 3.86. The van der Waals surface area contributed by atoms with Crippen molar-refractivity contribution in [1.29, 1.82) is 0 Å². The molecule has 0 fully saturated rings. The maximum Gasteiger partial charge on any atom is 0.0712 e. The normalized spacial score (nSPS) is 9.58. The van der Waals surface area contributed by atoms with Crippen LogP contribution in [0.3, 0.4) is 0 Å². The van der Waals surface area contributed by atoms with Gasteiger partial charge in [-0.1, -0.05) is 30.0 Å². The quantitative estimate of drug-likeness (QED) is 0.619. The van der Waals surface area contributed by atoms with Gasteiger partial charge in [0.15, 0.2) is 0 Å². The van der Waals surface area contributed by atoms with E-state index in [1.54, 1.807) is 0 Å². The first kappa shape index (κ1) is 9.07. The van der Waals surface area contributed by atoms with Crippen LogP contribution in [0.15, 0.2) is 30.8 Å². The molecule has 0 bridgehead atoms. The van der Waals surface area contributed by atoms with E-state index in [-0.39, 0.29) is 0 Å². The van der Waals surface area contributed by atoms with Gasteiger partial charge in [-0.2, -0.15) is 0 Å². The minimum atomic E-state index is 0.916. The molecule has 0 amide bonds. The van der Waals surface area contributed by atoms with Crippen LogP contribution in [0.4, 0.5) is 5.69 Å². The van der Waals surface area contributed by atoms with Crippen molar-refractivity contribution in [2.45, 2.75) is 0 Å². The Morgan fingerprint density at radius 1 is 1.33 bits per heavy atom. The average molecular weight is 174 g/mol. The van der Waals surface area contributed by atoms with Crippen LogP contribution in [0.5, 0.6) is 0 Å². The molecule has 1 nitrogen and oxygen atoms in total. The van der Waals surface area contributed by atoms with Gasteiger partial charge in [-0.3, -0.25) is 0 Å². The fourth-order valence-electron chi connectivity index (χ4n) is 1.12. The second-order valence-corrected chi connectivity index (χ2v) is 3.49. The first-order valence-electron chi connectivity index (χ1n) is 3.80. The minimum Gasteiger partial charge on any atom is -0.377 e. The van der Waals surface area contributed by atoms with Crippen molar-refractivity contribution in [3.63, 3.8) is 0 Å². The van der Waals surface area contributed by atoms with Gasteiger partial charge in [-0.05, 0) is 11.6 Å². The van der Waals surface area contributed by atoms with Gasteiger partial charge < -0.3 is 4.90 Å². The summed E-state index contributed by atoms with van der Waals surface area (Å²) in [6.07, 6.45) is 0. The summed E-state index contributed by atoms with van der Waals surface area (Å²) >= 11 is 0. The minimum absolute atomic E-state index is 0.916. The molecule has 0 atom stereocenters. The van der Waals surface area contributed by atoms with E-state index in [9.17, 15) is 0 Å². The Morgan fingerprint density at radius 3 is 2.33 bits per heavy atom. The van der Waals surface area contributed by atoms with Crippen molar-refractivity contribution in [1.82, 2.24) is 0 Å². The van der Waals surface area contributed by atoms with Gasteiger partial charge in [0.05, 0.1) is 10.2 Å². The molecule has 0 aliphatic carbocycles. The van der Waals surface area contributed by atoms with E-state index in [4.69, 9.17) is 0 Å². The largest absolute Gasteiger partial charge is 0.377 e. The molecular weight excluding hydrogens is 162 g/mol. The number of benzene rings is 1. The van der Waals surface area contributed by atoms with E-state index in [1.165, 1.54) is 5.69 Å². The molecule has 0 saturated carbocycles. The van der Waals surface area contributed by atoms with Crippen molar-refractivity contribution in [2.24, 2.45) is 0 Å². The molecule has 0 N–H and O–H groups in total. The Morgan fingerprint density at radius 2 is 1.92 bits per heavy atom.